The van der Waals surface area contributed by atoms with Crippen LogP contribution in [0.5, 0.6) is 0 Å². The number of carbonyl (C=O) groups is 2. The van der Waals surface area contributed by atoms with Gasteiger partial charge in [0.15, 0.2) is 0 Å². The van der Waals surface area contributed by atoms with Crippen LogP contribution in [0.4, 0.5) is 5.82 Å². The Hall–Kier alpha value is -2.62. The van der Waals surface area contributed by atoms with Gasteiger partial charge >= 0.3 is 11.9 Å². The van der Waals surface area contributed by atoms with Gasteiger partial charge in [0.25, 0.3) is 0 Å². The zero-order chi connectivity index (χ0) is 14.7. The maximum Gasteiger partial charge on any atom is 0.326 e. The van der Waals surface area contributed by atoms with E-state index in [1.165, 1.54) is 0 Å². The summed E-state index contributed by atoms with van der Waals surface area (Å²) in [5.41, 5.74) is 2.07. The number of carboxylic acids is 2. The summed E-state index contributed by atoms with van der Waals surface area (Å²) in [5, 5.41) is 29.3. The summed E-state index contributed by atoms with van der Waals surface area (Å²) in [6, 6.07) is 2.34. The Morgan fingerprint density at radius 3 is 2.80 bits per heavy atom. The average Bonchev–Trinajstić information content (AvgIpc) is 2.83. The molecule has 1 atom stereocenters. The van der Waals surface area contributed by atoms with Crippen LogP contribution in [0.3, 0.4) is 0 Å². The third-order valence-electron chi connectivity index (χ3n) is 3.16. The van der Waals surface area contributed by atoms with Crippen LogP contribution in [0.2, 0.25) is 0 Å². The summed E-state index contributed by atoms with van der Waals surface area (Å²) in [4.78, 5) is 26.0. The molecule has 20 heavy (non-hydrogen) atoms. The van der Waals surface area contributed by atoms with Gasteiger partial charge < -0.3 is 15.5 Å². The van der Waals surface area contributed by atoms with Crippen LogP contribution in [-0.4, -0.2) is 33.2 Å². The predicted molar refractivity (Wildman–Crippen MR) is 68.3 cm³/mol. The normalized spacial score (nSPS) is 14.2. The van der Waals surface area contributed by atoms with Crippen molar-refractivity contribution < 1.29 is 19.8 Å². The highest BCUT2D eigenvalue weighted by molar-refractivity contribution is 5.83. The van der Waals surface area contributed by atoms with E-state index in [1.807, 2.05) is 6.07 Å². The molecule has 1 aromatic heterocycles. The maximum absolute atomic E-state index is 11.0. The second kappa shape index (κ2) is 5.57. The Kier molecular flexibility index (Phi) is 3.84. The van der Waals surface area contributed by atoms with Crippen molar-refractivity contribution in [2.75, 3.05) is 5.32 Å². The number of fused-ring (bicyclic) bond motifs is 1. The molecule has 3 N–H and O–H groups in total. The molecule has 1 aromatic rings. The maximum atomic E-state index is 11.0. The largest absolute Gasteiger partial charge is 0.481 e. The SMILES string of the molecule is N#Cc1cc2c(nc1NC(CC(=O)O)C(=O)O)CCC2. The van der Waals surface area contributed by atoms with Gasteiger partial charge in [-0.3, -0.25) is 4.79 Å². The van der Waals surface area contributed by atoms with Gasteiger partial charge in [-0.05, 0) is 30.9 Å². The molecule has 0 aromatic carbocycles. The first kappa shape index (κ1) is 13.8. The van der Waals surface area contributed by atoms with Gasteiger partial charge in [0, 0.05) is 5.69 Å². The van der Waals surface area contributed by atoms with Crippen LogP contribution < -0.4 is 5.32 Å². The molecule has 0 bridgehead atoms. The number of pyridine rings is 1. The van der Waals surface area contributed by atoms with E-state index in [9.17, 15) is 9.59 Å². The van der Waals surface area contributed by atoms with Crippen molar-refractivity contribution in [3.8, 4) is 6.07 Å². The lowest BCUT2D eigenvalue weighted by Crippen LogP contribution is -2.32. The van der Waals surface area contributed by atoms with E-state index < -0.39 is 24.4 Å². The number of nitriles is 1. The molecule has 0 saturated carbocycles. The lowest BCUT2D eigenvalue weighted by Gasteiger charge is -2.15. The number of nitrogens with zero attached hydrogens (tertiary/aromatic N) is 2. The molecule has 1 aliphatic rings. The standard InChI is InChI=1S/C13H13N3O4/c14-6-8-4-7-2-1-3-9(7)15-12(8)16-10(13(19)20)5-11(17)18/h4,10H,1-3,5H2,(H,15,16)(H,17,18)(H,19,20). The number of hydrogen-bond acceptors (Lipinski definition) is 5. The molecule has 0 amide bonds. The third-order valence-corrected chi connectivity index (χ3v) is 3.16. The monoisotopic (exact) mass is 275 g/mol. The van der Waals surface area contributed by atoms with Gasteiger partial charge in [-0.1, -0.05) is 0 Å². The number of anilines is 1. The van der Waals surface area contributed by atoms with E-state index >= 15 is 0 Å². The molecule has 0 aliphatic heterocycles. The van der Waals surface area contributed by atoms with Gasteiger partial charge in [0.05, 0.1) is 12.0 Å². The molecule has 1 unspecified atom stereocenters. The first-order valence-corrected chi connectivity index (χ1v) is 6.15. The highest BCUT2D eigenvalue weighted by Gasteiger charge is 2.24. The van der Waals surface area contributed by atoms with Crippen LogP contribution in [-0.2, 0) is 22.4 Å². The molecule has 0 fully saturated rings. The van der Waals surface area contributed by atoms with Crippen molar-refractivity contribution in [2.45, 2.75) is 31.7 Å². The first-order valence-electron chi connectivity index (χ1n) is 6.15. The van der Waals surface area contributed by atoms with Crippen molar-refractivity contribution in [1.82, 2.24) is 4.98 Å². The smallest absolute Gasteiger partial charge is 0.326 e. The first-order chi connectivity index (χ1) is 9.51. The van der Waals surface area contributed by atoms with Gasteiger partial charge in [0.2, 0.25) is 0 Å². The van der Waals surface area contributed by atoms with Crippen LogP contribution in [0, 0.1) is 11.3 Å². The molecule has 7 heteroatoms. The molecule has 1 aliphatic carbocycles. The van der Waals surface area contributed by atoms with E-state index in [0.29, 0.717) is 0 Å². The molecule has 2 rings (SSSR count). The number of rotatable bonds is 5. The molecular formula is C13H13N3O4. The van der Waals surface area contributed by atoms with E-state index in [2.05, 4.69) is 10.3 Å². The minimum Gasteiger partial charge on any atom is -0.481 e. The second-order valence-corrected chi connectivity index (χ2v) is 4.59. The van der Waals surface area contributed by atoms with Crippen LogP contribution in [0.1, 0.15) is 29.7 Å². The fourth-order valence-corrected chi connectivity index (χ4v) is 2.21. The Balaban J connectivity index is 2.30. The quantitative estimate of drug-likeness (QED) is 0.725. The zero-order valence-electron chi connectivity index (χ0n) is 10.6. The summed E-state index contributed by atoms with van der Waals surface area (Å²) < 4.78 is 0. The molecule has 7 nitrogen and oxygen atoms in total. The molecule has 104 valence electrons. The number of nitrogens with one attached hydrogen (secondary N) is 1. The summed E-state index contributed by atoms with van der Waals surface area (Å²) in [6.07, 6.45) is 2.01. The van der Waals surface area contributed by atoms with Crippen molar-refractivity contribution >= 4 is 17.8 Å². The highest BCUT2D eigenvalue weighted by atomic mass is 16.4. The summed E-state index contributed by atoms with van der Waals surface area (Å²) in [7, 11) is 0. The van der Waals surface area contributed by atoms with Crippen molar-refractivity contribution in [3.63, 3.8) is 0 Å². The van der Waals surface area contributed by atoms with Gasteiger partial charge in [-0.25, -0.2) is 9.78 Å². The van der Waals surface area contributed by atoms with Gasteiger partial charge in [-0.15, -0.1) is 0 Å². The lowest BCUT2D eigenvalue weighted by molar-refractivity contribution is -0.144. The topological polar surface area (TPSA) is 123 Å². The van der Waals surface area contributed by atoms with Gasteiger partial charge in [0.1, 0.15) is 17.9 Å². The van der Waals surface area contributed by atoms with E-state index in [-0.39, 0.29) is 11.4 Å². The number of carboxylic acid groups (broad SMARTS) is 2. The van der Waals surface area contributed by atoms with Crippen molar-refractivity contribution in [3.05, 3.63) is 22.9 Å². The number of aliphatic carboxylic acids is 2. The van der Waals surface area contributed by atoms with Crippen LogP contribution in [0.25, 0.3) is 0 Å². The minimum absolute atomic E-state index is 0.141. The Morgan fingerprint density at radius 1 is 1.45 bits per heavy atom. The Labute approximate surface area is 114 Å². The van der Waals surface area contributed by atoms with Crippen LogP contribution >= 0.6 is 0 Å². The lowest BCUT2D eigenvalue weighted by atomic mass is 10.1. The minimum atomic E-state index is -1.31. The molecule has 1 heterocycles. The number of aromatic nitrogens is 1. The Bertz CT molecular complexity index is 606. The number of aryl methyl sites for hydroxylation is 2. The average molecular weight is 275 g/mol. The molecule has 0 saturated heterocycles. The molecule has 0 spiro atoms. The zero-order valence-corrected chi connectivity index (χ0v) is 10.6. The highest BCUT2D eigenvalue weighted by Crippen LogP contribution is 2.25. The predicted octanol–water partition coefficient (Wildman–Crippen LogP) is 0.782. The van der Waals surface area contributed by atoms with Crippen LogP contribution in [0.15, 0.2) is 6.07 Å². The fraction of sp³-hybridized carbons (Fsp3) is 0.385. The summed E-state index contributed by atoms with van der Waals surface area (Å²) >= 11 is 0. The van der Waals surface area contributed by atoms with Gasteiger partial charge in [-0.2, -0.15) is 5.26 Å². The van der Waals surface area contributed by atoms with E-state index in [0.717, 1.165) is 30.5 Å². The van der Waals surface area contributed by atoms with Crippen molar-refractivity contribution in [1.29, 1.82) is 5.26 Å². The van der Waals surface area contributed by atoms with E-state index in [4.69, 9.17) is 15.5 Å². The third kappa shape index (κ3) is 2.85. The Morgan fingerprint density at radius 2 is 2.20 bits per heavy atom. The summed E-state index contributed by atoms with van der Waals surface area (Å²) in [5.74, 6) is -2.38. The molecule has 0 radical (unpaired) electrons. The summed E-state index contributed by atoms with van der Waals surface area (Å²) in [6.45, 7) is 0. The van der Waals surface area contributed by atoms with E-state index in [1.54, 1.807) is 6.07 Å². The molecular weight excluding hydrogens is 262 g/mol. The second-order valence-electron chi connectivity index (χ2n) is 4.59. The number of hydrogen-bond donors (Lipinski definition) is 3. The van der Waals surface area contributed by atoms with Crippen molar-refractivity contribution in [2.24, 2.45) is 0 Å². The fourth-order valence-electron chi connectivity index (χ4n) is 2.21.